The number of ether oxygens (including phenoxy) is 2. The maximum absolute atomic E-state index is 12.2. The third-order valence-corrected chi connectivity index (χ3v) is 4.77. The monoisotopic (exact) mass is 373 g/mol. The van der Waals surface area contributed by atoms with Crippen molar-refractivity contribution in [1.29, 1.82) is 0 Å². The Hall–Kier alpha value is -0.620. The summed E-state index contributed by atoms with van der Waals surface area (Å²) in [6.45, 7) is 0.968. The van der Waals surface area contributed by atoms with Crippen LogP contribution in [0.1, 0.15) is 36.0 Å². The normalized spacial score (nSPS) is 23.6. The van der Waals surface area contributed by atoms with Gasteiger partial charge in [-0.05, 0) is 31.0 Å². The summed E-state index contributed by atoms with van der Waals surface area (Å²) in [7, 11) is 0. The molecule has 1 aliphatic heterocycles. The fraction of sp³-hybridized carbons (Fsp3) is 0.533. The Kier molecular flexibility index (Phi) is 4.54. The molecule has 1 atom stereocenters. The molecule has 6 heteroatoms. The highest BCUT2D eigenvalue weighted by Gasteiger charge is 2.43. The largest absolute Gasteiger partial charge is 0.349 e. The molecule has 3 rings (SSSR count). The maximum atomic E-state index is 12.2. The molecule has 1 aliphatic carbocycles. The number of halogens is 2. The second kappa shape index (κ2) is 6.24. The Balaban J connectivity index is 1.56. The van der Waals surface area contributed by atoms with Crippen molar-refractivity contribution in [3.05, 3.63) is 33.3 Å². The lowest BCUT2D eigenvalue weighted by Gasteiger charge is -2.22. The van der Waals surface area contributed by atoms with Gasteiger partial charge >= 0.3 is 0 Å². The molecular weight excluding hydrogens is 358 g/mol. The predicted octanol–water partition coefficient (Wildman–Crippen LogP) is 3.52. The molecule has 1 aromatic rings. The average molecular weight is 375 g/mol. The summed E-state index contributed by atoms with van der Waals surface area (Å²) in [6, 6.07) is 5.21. The summed E-state index contributed by atoms with van der Waals surface area (Å²) in [5.74, 6) is -0.583. The van der Waals surface area contributed by atoms with Crippen LogP contribution in [-0.2, 0) is 9.47 Å². The first-order valence-corrected chi connectivity index (χ1v) is 8.30. The average Bonchev–Trinajstić information content (AvgIpc) is 3.09. The minimum absolute atomic E-state index is 0.0852. The van der Waals surface area contributed by atoms with Crippen molar-refractivity contribution >= 4 is 33.4 Å². The number of rotatable bonds is 3. The lowest BCUT2D eigenvalue weighted by molar-refractivity contribution is -0.161. The van der Waals surface area contributed by atoms with Gasteiger partial charge < -0.3 is 14.8 Å². The zero-order valence-corrected chi connectivity index (χ0v) is 13.9. The van der Waals surface area contributed by atoms with E-state index in [4.69, 9.17) is 21.1 Å². The van der Waals surface area contributed by atoms with Gasteiger partial charge in [0.05, 0.1) is 17.2 Å². The van der Waals surface area contributed by atoms with E-state index in [1.54, 1.807) is 18.2 Å². The van der Waals surface area contributed by atoms with Crippen molar-refractivity contribution in [2.45, 2.75) is 37.6 Å². The molecule has 21 heavy (non-hydrogen) atoms. The molecule has 1 aromatic carbocycles. The first-order chi connectivity index (χ1) is 10.1. The van der Waals surface area contributed by atoms with Crippen LogP contribution >= 0.6 is 27.5 Å². The van der Waals surface area contributed by atoms with Gasteiger partial charge in [-0.2, -0.15) is 0 Å². The third-order valence-electron chi connectivity index (χ3n) is 3.94. The second-order valence-corrected chi connectivity index (χ2v) is 6.83. The molecule has 114 valence electrons. The van der Waals surface area contributed by atoms with Crippen molar-refractivity contribution in [2.24, 2.45) is 0 Å². The number of carbonyl (C=O) groups excluding carboxylic acids is 1. The molecule has 4 nitrogen and oxygen atoms in total. The highest BCUT2D eigenvalue weighted by atomic mass is 79.9. The van der Waals surface area contributed by atoms with E-state index in [0.717, 1.165) is 30.2 Å². The predicted molar refractivity (Wildman–Crippen MR) is 83.5 cm³/mol. The van der Waals surface area contributed by atoms with Crippen molar-refractivity contribution in [3.8, 4) is 0 Å². The number of hydrogen-bond donors (Lipinski definition) is 1. The molecule has 0 aromatic heterocycles. The van der Waals surface area contributed by atoms with Crippen LogP contribution in [0, 0.1) is 0 Å². The maximum Gasteiger partial charge on any atom is 0.252 e. The molecule has 1 spiro atoms. The van der Waals surface area contributed by atoms with E-state index in [-0.39, 0.29) is 17.8 Å². The summed E-state index contributed by atoms with van der Waals surface area (Å²) in [4.78, 5) is 12.2. The van der Waals surface area contributed by atoms with Crippen LogP contribution in [0.5, 0.6) is 0 Å². The lowest BCUT2D eigenvalue weighted by atomic mass is 10.2. The van der Waals surface area contributed by atoms with Gasteiger partial charge in [0.25, 0.3) is 5.91 Å². The Labute approximate surface area is 137 Å². The summed E-state index contributed by atoms with van der Waals surface area (Å²) in [5, 5.41) is 3.30. The SMILES string of the molecule is O=C(NC[C@H]1COC2(CCCC2)O1)c1cc(Br)ccc1Cl. The summed E-state index contributed by atoms with van der Waals surface area (Å²) < 4.78 is 12.6. The van der Waals surface area contributed by atoms with E-state index in [2.05, 4.69) is 21.2 Å². The summed E-state index contributed by atoms with van der Waals surface area (Å²) >= 11 is 9.39. The van der Waals surface area contributed by atoms with Gasteiger partial charge in [-0.15, -0.1) is 0 Å². The van der Waals surface area contributed by atoms with Crippen molar-refractivity contribution in [2.75, 3.05) is 13.2 Å². The number of nitrogens with one attached hydrogen (secondary N) is 1. The van der Waals surface area contributed by atoms with Gasteiger partial charge in [0, 0.05) is 23.9 Å². The summed E-state index contributed by atoms with van der Waals surface area (Å²) in [6.07, 6.45) is 4.11. The highest BCUT2D eigenvalue weighted by Crippen LogP contribution is 2.39. The molecule has 1 amide bonds. The van der Waals surface area contributed by atoms with E-state index in [9.17, 15) is 4.79 Å². The van der Waals surface area contributed by atoms with Crippen LogP contribution in [0.3, 0.4) is 0 Å². The molecular formula is C15H17BrClNO3. The second-order valence-electron chi connectivity index (χ2n) is 5.50. The van der Waals surface area contributed by atoms with Gasteiger partial charge in [-0.3, -0.25) is 4.79 Å². The molecule has 0 radical (unpaired) electrons. The fourth-order valence-corrected chi connectivity index (χ4v) is 3.43. The van der Waals surface area contributed by atoms with Crippen LogP contribution in [0.15, 0.2) is 22.7 Å². The zero-order valence-electron chi connectivity index (χ0n) is 11.5. The van der Waals surface area contributed by atoms with Crippen molar-refractivity contribution in [3.63, 3.8) is 0 Å². The smallest absolute Gasteiger partial charge is 0.252 e. The van der Waals surface area contributed by atoms with Crippen molar-refractivity contribution in [1.82, 2.24) is 5.32 Å². The fourth-order valence-electron chi connectivity index (χ4n) is 2.87. The van der Waals surface area contributed by atoms with E-state index in [0.29, 0.717) is 23.7 Å². The van der Waals surface area contributed by atoms with Crippen LogP contribution < -0.4 is 5.32 Å². The van der Waals surface area contributed by atoms with Gasteiger partial charge in [0.2, 0.25) is 0 Å². The number of amides is 1. The quantitative estimate of drug-likeness (QED) is 0.880. The van der Waals surface area contributed by atoms with E-state index in [1.807, 2.05) is 0 Å². The summed E-state index contributed by atoms with van der Waals surface area (Å²) in [5.41, 5.74) is 0.459. The Morgan fingerprint density at radius 3 is 2.95 bits per heavy atom. The minimum Gasteiger partial charge on any atom is -0.349 e. The highest BCUT2D eigenvalue weighted by molar-refractivity contribution is 9.10. The van der Waals surface area contributed by atoms with Gasteiger partial charge in [0.1, 0.15) is 6.10 Å². The molecule has 0 bridgehead atoms. The van der Waals surface area contributed by atoms with Crippen LogP contribution in [0.25, 0.3) is 0 Å². The molecule has 2 aliphatic rings. The molecule has 1 saturated carbocycles. The molecule has 0 unspecified atom stereocenters. The topological polar surface area (TPSA) is 47.6 Å². The number of hydrogen-bond acceptors (Lipinski definition) is 3. The van der Waals surface area contributed by atoms with Gasteiger partial charge in [0.15, 0.2) is 5.79 Å². The van der Waals surface area contributed by atoms with E-state index in [1.165, 1.54) is 0 Å². The van der Waals surface area contributed by atoms with Crippen LogP contribution in [0.4, 0.5) is 0 Å². The van der Waals surface area contributed by atoms with Gasteiger partial charge in [-0.1, -0.05) is 27.5 Å². The molecule has 2 fully saturated rings. The molecule has 1 N–H and O–H groups in total. The van der Waals surface area contributed by atoms with Crippen LogP contribution in [-0.4, -0.2) is 30.9 Å². The van der Waals surface area contributed by atoms with Gasteiger partial charge in [-0.25, -0.2) is 0 Å². The standard InChI is InChI=1S/C15H17BrClNO3/c16-10-3-4-13(17)12(7-10)14(19)18-8-11-9-20-15(21-11)5-1-2-6-15/h3-4,7,11H,1-2,5-6,8-9H2,(H,18,19)/t11-/m0/s1. The number of benzene rings is 1. The lowest BCUT2D eigenvalue weighted by Crippen LogP contribution is -2.35. The first-order valence-electron chi connectivity index (χ1n) is 7.13. The van der Waals surface area contributed by atoms with E-state index < -0.39 is 0 Å². The Morgan fingerprint density at radius 1 is 1.43 bits per heavy atom. The Bertz CT molecular complexity index is 546. The van der Waals surface area contributed by atoms with Crippen LogP contribution in [0.2, 0.25) is 5.02 Å². The zero-order chi connectivity index (χ0) is 14.9. The number of carbonyl (C=O) groups is 1. The Morgan fingerprint density at radius 2 is 2.19 bits per heavy atom. The molecule has 1 heterocycles. The minimum atomic E-state index is -0.386. The third kappa shape index (κ3) is 3.42. The molecule has 1 saturated heterocycles. The van der Waals surface area contributed by atoms with Crippen molar-refractivity contribution < 1.29 is 14.3 Å². The first kappa shape index (κ1) is 15.3. The van der Waals surface area contributed by atoms with E-state index >= 15 is 0 Å².